The minimum Gasteiger partial charge on any atom is -0.497 e. The van der Waals surface area contributed by atoms with Crippen LogP contribution in [0.4, 0.5) is 0 Å². The highest BCUT2D eigenvalue weighted by Crippen LogP contribution is 2.31. The van der Waals surface area contributed by atoms with Gasteiger partial charge in [-0.3, -0.25) is 4.79 Å². The van der Waals surface area contributed by atoms with Crippen LogP contribution in [0.5, 0.6) is 17.2 Å². The maximum atomic E-state index is 12.7. The van der Waals surface area contributed by atoms with Crippen LogP contribution >= 0.6 is 0 Å². The summed E-state index contributed by atoms with van der Waals surface area (Å²) in [5, 5.41) is 3.87. The number of ether oxygens (including phenoxy) is 3. The lowest BCUT2D eigenvalue weighted by atomic mass is 10.1. The Labute approximate surface area is 158 Å². The first-order chi connectivity index (χ1) is 13.1. The lowest BCUT2D eigenvalue weighted by molar-refractivity contribution is 0.0932. The molecule has 3 rings (SSSR count). The van der Waals surface area contributed by atoms with Gasteiger partial charge in [0, 0.05) is 5.39 Å². The minimum atomic E-state index is -0.338. The van der Waals surface area contributed by atoms with E-state index < -0.39 is 0 Å². The smallest absolute Gasteiger partial charge is 0.255 e. The first-order valence-electron chi connectivity index (χ1n) is 8.75. The summed E-state index contributed by atoms with van der Waals surface area (Å²) in [4.78, 5) is 12.7. The van der Waals surface area contributed by atoms with Crippen molar-refractivity contribution in [1.82, 2.24) is 5.32 Å². The van der Waals surface area contributed by atoms with E-state index in [9.17, 15) is 4.79 Å². The molecule has 0 aliphatic rings. The van der Waals surface area contributed by atoms with Crippen LogP contribution < -0.4 is 19.5 Å². The molecule has 0 bridgehead atoms. The van der Waals surface area contributed by atoms with Gasteiger partial charge >= 0.3 is 0 Å². The van der Waals surface area contributed by atoms with Gasteiger partial charge in [-0.05, 0) is 44.2 Å². The number of hydrogen-bond acceptors (Lipinski definition) is 5. The second-order valence-electron chi connectivity index (χ2n) is 6.02. The summed E-state index contributed by atoms with van der Waals surface area (Å²) in [7, 11) is 3.08. The molecule has 142 valence electrons. The molecule has 27 heavy (non-hydrogen) atoms. The average molecular weight is 369 g/mol. The van der Waals surface area contributed by atoms with Crippen LogP contribution in [0.15, 0.2) is 46.9 Å². The molecule has 0 saturated carbocycles. The number of amides is 1. The molecule has 0 spiro atoms. The number of nitrogens with one attached hydrogen (secondary N) is 1. The molecule has 0 saturated heterocycles. The normalized spacial score (nSPS) is 11.9. The summed E-state index contributed by atoms with van der Waals surface area (Å²) in [6.07, 6.45) is 0. The third-order valence-corrected chi connectivity index (χ3v) is 4.25. The highest BCUT2D eigenvalue weighted by molar-refractivity contribution is 5.97. The zero-order valence-electron chi connectivity index (χ0n) is 15.9. The summed E-state index contributed by atoms with van der Waals surface area (Å²) >= 11 is 0. The van der Waals surface area contributed by atoms with Crippen LogP contribution in [0.25, 0.3) is 11.0 Å². The minimum absolute atomic E-state index is 0.274. The largest absolute Gasteiger partial charge is 0.497 e. The van der Waals surface area contributed by atoms with E-state index in [4.69, 9.17) is 18.6 Å². The Morgan fingerprint density at radius 1 is 1.11 bits per heavy atom. The zero-order chi connectivity index (χ0) is 19.4. The van der Waals surface area contributed by atoms with Crippen LogP contribution in [0.2, 0.25) is 0 Å². The molecule has 1 aromatic heterocycles. The molecule has 1 heterocycles. The van der Waals surface area contributed by atoms with Gasteiger partial charge < -0.3 is 23.9 Å². The molecule has 0 radical (unpaired) electrons. The van der Waals surface area contributed by atoms with Gasteiger partial charge in [0.05, 0.1) is 32.4 Å². The topological polar surface area (TPSA) is 69.9 Å². The predicted octanol–water partition coefficient (Wildman–Crippen LogP) is 4.34. The Bertz CT molecular complexity index is 947. The Hall–Kier alpha value is -3.15. The summed E-state index contributed by atoms with van der Waals surface area (Å²) in [6.45, 7) is 4.34. The zero-order valence-corrected chi connectivity index (χ0v) is 15.9. The van der Waals surface area contributed by atoms with Gasteiger partial charge in [-0.2, -0.15) is 0 Å². The molecule has 2 aromatic carbocycles. The highest BCUT2D eigenvalue weighted by Gasteiger charge is 2.19. The van der Waals surface area contributed by atoms with Gasteiger partial charge in [0.2, 0.25) is 0 Å². The van der Waals surface area contributed by atoms with Crippen molar-refractivity contribution < 1.29 is 23.4 Å². The van der Waals surface area contributed by atoms with E-state index in [1.807, 2.05) is 38.1 Å². The van der Waals surface area contributed by atoms with E-state index in [2.05, 4.69) is 5.32 Å². The van der Waals surface area contributed by atoms with Gasteiger partial charge in [0.1, 0.15) is 17.3 Å². The summed E-state index contributed by atoms with van der Waals surface area (Å²) in [6, 6.07) is 12.4. The molecular formula is C21H23NO5. The molecule has 3 aromatic rings. The number of methoxy groups -OCH3 is 2. The van der Waals surface area contributed by atoms with Crippen molar-refractivity contribution >= 4 is 16.9 Å². The van der Waals surface area contributed by atoms with Gasteiger partial charge in [0.15, 0.2) is 11.3 Å². The van der Waals surface area contributed by atoms with Crippen LogP contribution in [0.1, 0.15) is 36.0 Å². The maximum absolute atomic E-state index is 12.7. The molecular weight excluding hydrogens is 346 g/mol. The number of benzene rings is 2. The van der Waals surface area contributed by atoms with Crippen molar-refractivity contribution in [2.24, 2.45) is 0 Å². The van der Waals surface area contributed by atoms with Crippen LogP contribution in [0, 0.1) is 0 Å². The second-order valence-corrected chi connectivity index (χ2v) is 6.02. The molecule has 1 amide bonds. The fourth-order valence-corrected chi connectivity index (χ4v) is 2.88. The fourth-order valence-electron chi connectivity index (χ4n) is 2.88. The van der Waals surface area contributed by atoms with Crippen molar-refractivity contribution in [3.8, 4) is 17.2 Å². The van der Waals surface area contributed by atoms with E-state index in [1.54, 1.807) is 25.3 Å². The van der Waals surface area contributed by atoms with E-state index in [-0.39, 0.29) is 11.9 Å². The number of carbonyl (C=O) groups excluding carboxylic acids is 1. The van der Waals surface area contributed by atoms with Crippen molar-refractivity contribution in [3.05, 3.63) is 53.8 Å². The van der Waals surface area contributed by atoms with Gasteiger partial charge in [-0.1, -0.05) is 12.1 Å². The molecule has 0 fully saturated rings. The monoisotopic (exact) mass is 369 g/mol. The first-order valence-corrected chi connectivity index (χ1v) is 8.75. The standard InChI is InChI=1S/C21H23NO5/c1-5-26-18-8-6-7-14-11-19(27-20(14)18)13(2)22-21(23)16-12-15(24-3)9-10-17(16)25-4/h6-13H,5H2,1-4H3,(H,22,23). The van der Waals surface area contributed by atoms with E-state index >= 15 is 0 Å². The van der Waals surface area contributed by atoms with Crippen molar-refractivity contribution in [2.75, 3.05) is 20.8 Å². The van der Waals surface area contributed by atoms with Gasteiger partial charge in [-0.15, -0.1) is 0 Å². The average Bonchev–Trinajstić information content (AvgIpc) is 3.13. The molecule has 1 unspecified atom stereocenters. The third kappa shape index (κ3) is 3.84. The van der Waals surface area contributed by atoms with Crippen LogP contribution in [0.3, 0.4) is 0 Å². The molecule has 6 heteroatoms. The lowest BCUT2D eigenvalue weighted by Crippen LogP contribution is -2.26. The van der Waals surface area contributed by atoms with Crippen molar-refractivity contribution in [3.63, 3.8) is 0 Å². The Balaban J connectivity index is 1.85. The quantitative estimate of drug-likeness (QED) is 0.671. The molecule has 1 atom stereocenters. The number of hydrogen-bond donors (Lipinski definition) is 1. The van der Waals surface area contributed by atoms with Gasteiger partial charge in [0.25, 0.3) is 5.91 Å². The molecule has 0 aliphatic carbocycles. The summed E-state index contributed by atoms with van der Waals surface area (Å²) < 4.78 is 22.1. The number of carbonyl (C=O) groups is 1. The SMILES string of the molecule is CCOc1cccc2cc(C(C)NC(=O)c3cc(OC)ccc3OC)oc12. The number of furan rings is 1. The lowest BCUT2D eigenvalue weighted by Gasteiger charge is -2.14. The molecule has 1 N–H and O–H groups in total. The van der Waals surface area contributed by atoms with Crippen molar-refractivity contribution in [2.45, 2.75) is 19.9 Å². The van der Waals surface area contributed by atoms with E-state index in [0.717, 1.165) is 5.39 Å². The number of rotatable bonds is 7. The van der Waals surface area contributed by atoms with E-state index in [1.165, 1.54) is 7.11 Å². The Kier molecular flexibility index (Phi) is 5.54. The highest BCUT2D eigenvalue weighted by atomic mass is 16.5. The Morgan fingerprint density at radius 2 is 1.93 bits per heavy atom. The van der Waals surface area contributed by atoms with Gasteiger partial charge in [-0.25, -0.2) is 0 Å². The van der Waals surface area contributed by atoms with Crippen molar-refractivity contribution in [1.29, 1.82) is 0 Å². The third-order valence-electron chi connectivity index (χ3n) is 4.25. The Morgan fingerprint density at radius 3 is 2.63 bits per heavy atom. The molecule has 0 aliphatic heterocycles. The number of para-hydroxylation sites is 1. The number of fused-ring (bicyclic) bond motifs is 1. The van der Waals surface area contributed by atoms with Crippen LogP contribution in [-0.2, 0) is 0 Å². The van der Waals surface area contributed by atoms with E-state index in [0.29, 0.717) is 40.8 Å². The maximum Gasteiger partial charge on any atom is 0.255 e. The molecule has 6 nitrogen and oxygen atoms in total. The predicted molar refractivity (Wildman–Crippen MR) is 103 cm³/mol. The van der Waals surface area contributed by atoms with Crippen LogP contribution in [-0.4, -0.2) is 26.7 Å². The fraction of sp³-hybridized carbons (Fsp3) is 0.286. The summed E-state index contributed by atoms with van der Waals surface area (Å²) in [5.74, 6) is 2.12. The second kappa shape index (κ2) is 8.03. The summed E-state index contributed by atoms with van der Waals surface area (Å²) in [5.41, 5.74) is 1.07. The first kappa shape index (κ1) is 18.6.